The maximum Gasteiger partial charge on any atom is 0.0626 e. The van der Waals surface area contributed by atoms with Crippen LogP contribution in [0.2, 0.25) is 5.02 Å². The molecule has 13 heavy (non-hydrogen) atoms. The Morgan fingerprint density at radius 2 is 1.92 bits per heavy atom. The molecule has 1 nitrogen and oxygen atoms in total. The Morgan fingerprint density at radius 1 is 1.31 bits per heavy atom. The first kappa shape index (κ1) is 10.3. The van der Waals surface area contributed by atoms with Crippen molar-refractivity contribution in [2.24, 2.45) is 10.9 Å². The molecule has 0 unspecified atom stereocenters. The van der Waals surface area contributed by atoms with Gasteiger partial charge in [0, 0.05) is 11.2 Å². The summed E-state index contributed by atoms with van der Waals surface area (Å²) in [7, 11) is 0. The quantitative estimate of drug-likeness (QED) is 0.645. The van der Waals surface area contributed by atoms with Gasteiger partial charge in [0.2, 0.25) is 0 Å². The van der Waals surface area contributed by atoms with Gasteiger partial charge < -0.3 is 0 Å². The molecule has 0 bridgehead atoms. The van der Waals surface area contributed by atoms with Gasteiger partial charge in [-0.1, -0.05) is 25.4 Å². The smallest absolute Gasteiger partial charge is 0.0626 e. The number of rotatable bonds is 3. The van der Waals surface area contributed by atoms with Gasteiger partial charge in [-0.25, -0.2) is 0 Å². The molecular weight excluding hydrogens is 182 g/mol. The van der Waals surface area contributed by atoms with Crippen LogP contribution in [0.5, 0.6) is 0 Å². The first-order valence-electron chi connectivity index (χ1n) is 4.46. The molecule has 0 aliphatic heterocycles. The van der Waals surface area contributed by atoms with Crippen molar-refractivity contribution in [1.29, 1.82) is 0 Å². The van der Waals surface area contributed by atoms with Crippen molar-refractivity contribution in [2.45, 2.75) is 20.3 Å². The van der Waals surface area contributed by atoms with Gasteiger partial charge in [-0.2, -0.15) is 0 Å². The van der Waals surface area contributed by atoms with E-state index in [1.54, 1.807) is 0 Å². The molecule has 0 aromatic heterocycles. The summed E-state index contributed by atoms with van der Waals surface area (Å²) >= 11 is 5.74. The van der Waals surface area contributed by atoms with Crippen LogP contribution < -0.4 is 0 Å². The Bertz CT molecular complexity index is 275. The van der Waals surface area contributed by atoms with Crippen LogP contribution >= 0.6 is 11.6 Å². The number of nitrogens with zero attached hydrogens (tertiary/aromatic N) is 1. The zero-order chi connectivity index (χ0) is 9.68. The van der Waals surface area contributed by atoms with Crippen molar-refractivity contribution in [3.63, 3.8) is 0 Å². The molecule has 0 N–H and O–H groups in total. The molecule has 0 aliphatic rings. The van der Waals surface area contributed by atoms with Crippen molar-refractivity contribution in [3.8, 4) is 0 Å². The van der Waals surface area contributed by atoms with Crippen LogP contribution in [0.25, 0.3) is 0 Å². The molecular formula is C11H14ClN. The van der Waals surface area contributed by atoms with Crippen molar-refractivity contribution in [2.75, 3.05) is 0 Å². The molecule has 0 saturated heterocycles. The normalized spacial score (nSPS) is 11.4. The van der Waals surface area contributed by atoms with E-state index >= 15 is 0 Å². The van der Waals surface area contributed by atoms with E-state index in [2.05, 4.69) is 18.8 Å². The summed E-state index contributed by atoms with van der Waals surface area (Å²) in [6.45, 7) is 4.35. The minimum atomic E-state index is 0.663. The van der Waals surface area contributed by atoms with Crippen molar-refractivity contribution < 1.29 is 0 Å². The first-order chi connectivity index (χ1) is 6.18. The van der Waals surface area contributed by atoms with Gasteiger partial charge in [-0.3, -0.25) is 4.99 Å². The Labute approximate surface area is 84.5 Å². The monoisotopic (exact) mass is 195 g/mol. The van der Waals surface area contributed by atoms with E-state index in [1.807, 2.05) is 30.5 Å². The van der Waals surface area contributed by atoms with Gasteiger partial charge >= 0.3 is 0 Å². The Kier molecular flexibility index (Phi) is 3.97. The summed E-state index contributed by atoms with van der Waals surface area (Å²) < 4.78 is 0. The molecule has 0 aliphatic carbocycles. The zero-order valence-corrected chi connectivity index (χ0v) is 8.75. The fourth-order valence-corrected chi connectivity index (χ4v) is 1.02. The highest BCUT2D eigenvalue weighted by Gasteiger charge is 1.90. The fourth-order valence-electron chi connectivity index (χ4n) is 0.896. The summed E-state index contributed by atoms with van der Waals surface area (Å²) in [4.78, 5) is 4.30. The highest BCUT2D eigenvalue weighted by atomic mass is 35.5. The van der Waals surface area contributed by atoms with Gasteiger partial charge in [0.15, 0.2) is 0 Å². The van der Waals surface area contributed by atoms with E-state index in [4.69, 9.17) is 11.6 Å². The van der Waals surface area contributed by atoms with Crippen molar-refractivity contribution in [3.05, 3.63) is 29.3 Å². The van der Waals surface area contributed by atoms with Crippen LogP contribution in [-0.4, -0.2) is 6.21 Å². The zero-order valence-electron chi connectivity index (χ0n) is 8.00. The molecule has 0 spiro atoms. The maximum atomic E-state index is 5.74. The van der Waals surface area contributed by atoms with Crippen molar-refractivity contribution in [1.82, 2.24) is 0 Å². The second kappa shape index (κ2) is 5.03. The van der Waals surface area contributed by atoms with Crippen LogP contribution in [0, 0.1) is 5.92 Å². The second-order valence-corrected chi connectivity index (χ2v) is 3.85. The topological polar surface area (TPSA) is 12.4 Å². The van der Waals surface area contributed by atoms with Crippen LogP contribution in [0.3, 0.4) is 0 Å². The van der Waals surface area contributed by atoms with Gasteiger partial charge in [0.1, 0.15) is 0 Å². The highest BCUT2D eigenvalue weighted by molar-refractivity contribution is 6.30. The van der Waals surface area contributed by atoms with E-state index in [-0.39, 0.29) is 0 Å². The molecule has 1 rings (SSSR count). The number of aliphatic imine (C=N–C) groups is 1. The maximum absolute atomic E-state index is 5.74. The third-order valence-corrected chi connectivity index (χ3v) is 1.90. The minimum Gasteiger partial charge on any atom is -0.261 e. The minimum absolute atomic E-state index is 0.663. The molecule has 0 radical (unpaired) electrons. The average Bonchev–Trinajstić information content (AvgIpc) is 2.08. The Hall–Kier alpha value is -0.820. The molecule has 0 saturated carbocycles. The van der Waals surface area contributed by atoms with E-state index in [1.165, 1.54) is 0 Å². The van der Waals surface area contributed by atoms with Crippen LogP contribution in [0.1, 0.15) is 20.3 Å². The standard InChI is InChI=1S/C11H14ClN/c1-9(2)7-8-13-11-5-3-10(12)4-6-11/h3-6,8-9H,7H2,1-2H3. The summed E-state index contributed by atoms with van der Waals surface area (Å²) in [5, 5.41) is 0.753. The van der Waals surface area contributed by atoms with Gasteiger partial charge in [-0.15, -0.1) is 0 Å². The summed E-state index contributed by atoms with van der Waals surface area (Å²) in [6.07, 6.45) is 2.97. The Morgan fingerprint density at radius 3 is 2.46 bits per heavy atom. The Balaban J connectivity index is 2.54. The SMILES string of the molecule is CC(C)CC=Nc1ccc(Cl)cc1. The largest absolute Gasteiger partial charge is 0.261 e. The molecule has 0 amide bonds. The molecule has 0 fully saturated rings. The molecule has 1 aromatic rings. The van der Waals surface area contributed by atoms with Gasteiger partial charge in [0.05, 0.1) is 5.69 Å². The molecule has 2 heteroatoms. The molecule has 70 valence electrons. The lowest BCUT2D eigenvalue weighted by molar-refractivity contribution is 0.690. The highest BCUT2D eigenvalue weighted by Crippen LogP contribution is 2.15. The second-order valence-electron chi connectivity index (χ2n) is 3.42. The number of hydrogen-bond donors (Lipinski definition) is 0. The van der Waals surface area contributed by atoms with E-state index in [0.717, 1.165) is 17.1 Å². The van der Waals surface area contributed by atoms with E-state index < -0.39 is 0 Å². The van der Waals surface area contributed by atoms with E-state index in [9.17, 15) is 0 Å². The average molecular weight is 196 g/mol. The molecule has 1 aromatic carbocycles. The molecule has 0 heterocycles. The lowest BCUT2D eigenvalue weighted by atomic mass is 10.1. The number of halogens is 1. The fraction of sp³-hybridized carbons (Fsp3) is 0.364. The predicted octanol–water partition coefficient (Wildman–Crippen LogP) is 4.09. The van der Waals surface area contributed by atoms with Crippen LogP contribution in [0.15, 0.2) is 29.3 Å². The number of hydrogen-bond acceptors (Lipinski definition) is 1. The predicted molar refractivity (Wildman–Crippen MR) is 59.1 cm³/mol. The van der Waals surface area contributed by atoms with Crippen LogP contribution in [-0.2, 0) is 0 Å². The third kappa shape index (κ3) is 4.09. The lowest BCUT2D eigenvalue weighted by Gasteiger charge is -1.96. The van der Waals surface area contributed by atoms with Gasteiger partial charge in [0.25, 0.3) is 0 Å². The summed E-state index contributed by atoms with van der Waals surface area (Å²) in [5.74, 6) is 0.663. The molecule has 0 atom stereocenters. The lowest BCUT2D eigenvalue weighted by Crippen LogP contribution is -1.85. The van der Waals surface area contributed by atoms with E-state index in [0.29, 0.717) is 5.92 Å². The van der Waals surface area contributed by atoms with Gasteiger partial charge in [-0.05, 0) is 36.6 Å². The third-order valence-electron chi connectivity index (χ3n) is 1.64. The van der Waals surface area contributed by atoms with Crippen molar-refractivity contribution >= 4 is 23.5 Å². The summed E-state index contributed by atoms with van der Waals surface area (Å²) in [6, 6.07) is 7.53. The summed E-state index contributed by atoms with van der Waals surface area (Å²) in [5.41, 5.74) is 0.963. The first-order valence-corrected chi connectivity index (χ1v) is 4.84. The number of benzene rings is 1. The van der Waals surface area contributed by atoms with Crippen LogP contribution in [0.4, 0.5) is 5.69 Å².